The second kappa shape index (κ2) is 6.29. The Morgan fingerprint density at radius 1 is 1.39 bits per heavy atom. The Hall–Kier alpha value is -0.940. The maximum atomic E-state index is 5.67. The molecule has 2 rings (SSSR count). The summed E-state index contributed by atoms with van der Waals surface area (Å²) >= 11 is 0. The summed E-state index contributed by atoms with van der Waals surface area (Å²) in [5, 5.41) is 11.5. The number of aromatic nitrogens is 2. The molecule has 18 heavy (non-hydrogen) atoms. The lowest BCUT2D eigenvalue weighted by atomic mass is 9.80. The molecule has 0 aliphatic heterocycles. The van der Waals surface area contributed by atoms with Gasteiger partial charge in [-0.2, -0.15) is 0 Å². The highest BCUT2D eigenvalue weighted by Gasteiger charge is 2.31. The molecule has 1 saturated carbocycles. The fourth-order valence-electron chi connectivity index (χ4n) is 2.38. The van der Waals surface area contributed by atoms with Gasteiger partial charge in [-0.25, -0.2) is 0 Å². The van der Waals surface area contributed by atoms with E-state index in [1.54, 1.807) is 0 Å². The van der Waals surface area contributed by atoms with Crippen molar-refractivity contribution in [3.05, 3.63) is 11.8 Å². The molecule has 1 aliphatic rings. The van der Waals surface area contributed by atoms with E-state index in [0.717, 1.165) is 38.3 Å². The molecule has 1 aliphatic carbocycles. The molecule has 1 unspecified atom stereocenters. The Bertz CT molecular complexity index is 361. The first-order chi connectivity index (χ1) is 8.72. The Labute approximate surface area is 108 Å². The lowest BCUT2D eigenvalue weighted by Gasteiger charge is -2.34. The van der Waals surface area contributed by atoms with Crippen LogP contribution in [-0.4, -0.2) is 29.5 Å². The van der Waals surface area contributed by atoms with Crippen LogP contribution in [0.2, 0.25) is 0 Å². The van der Waals surface area contributed by atoms with E-state index in [2.05, 4.69) is 22.4 Å². The third-order valence-electron chi connectivity index (χ3n) is 3.42. The van der Waals surface area contributed by atoms with Crippen LogP contribution in [0.5, 0.6) is 0 Å². The number of nitrogens with zero attached hydrogens (tertiary/aromatic N) is 2. The van der Waals surface area contributed by atoms with Crippen LogP contribution in [0.1, 0.15) is 51.4 Å². The van der Waals surface area contributed by atoms with Crippen molar-refractivity contribution in [3.63, 3.8) is 0 Å². The average Bonchev–Trinajstić information content (AvgIpc) is 2.75. The lowest BCUT2D eigenvalue weighted by molar-refractivity contribution is -0.0256. The maximum Gasteiger partial charge on any atom is 0.233 e. The Balaban J connectivity index is 1.77. The summed E-state index contributed by atoms with van der Waals surface area (Å²) in [5.74, 6) is 2.09. The van der Waals surface area contributed by atoms with Crippen LogP contribution >= 0.6 is 0 Å². The van der Waals surface area contributed by atoms with Gasteiger partial charge in [0, 0.05) is 13.0 Å². The molecule has 5 heteroatoms. The van der Waals surface area contributed by atoms with Crippen LogP contribution in [0.15, 0.2) is 4.42 Å². The van der Waals surface area contributed by atoms with Crippen molar-refractivity contribution >= 4 is 0 Å². The van der Waals surface area contributed by atoms with Crippen LogP contribution < -0.4 is 5.32 Å². The molecule has 1 aromatic heterocycles. The fraction of sp³-hybridized carbons (Fsp3) is 0.846. The zero-order valence-electron chi connectivity index (χ0n) is 11.5. The van der Waals surface area contributed by atoms with Gasteiger partial charge in [0.2, 0.25) is 11.8 Å². The summed E-state index contributed by atoms with van der Waals surface area (Å²) in [5.41, 5.74) is 0. The van der Waals surface area contributed by atoms with Gasteiger partial charge in [-0.1, -0.05) is 6.92 Å². The summed E-state index contributed by atoms with van der Waals surface area (Å²) in [7, 11) is 0. The zero-order chi connectivity index (χ0) is 13.0. The van der Waals surface area contributed by atoms with Crippen LogP contribution in [0.4, 0.5) is 0 Å². The minimum Gasteiger partial charge on any atom is -0.424 e. The highest BCUT2D eigenvalue weighted by atomic mass is 16.5. The van der Waals surface area contributed by atoms with Crippen molar-refractivity contribution < 1.29 is 9.15 Å². The van der Waals surface area contributed by atoms with Gasteiger partial charge >= 0.3 is 0 Å². The van der Waals surface area contributed by atoms with E-state index in [0.29, 0.717) is 17.9 Å². The van der Waals surface area contributed by atoms with Crippen molar-refractivity contribution in [2.24, 2.45) is 5.92 Å². The third kappa shape index (κ3) is 3.29. The third-order valence-corrected chi connectivity index (χ3v) is 3.42. The van der Waals surface area contributed by atoms with E-state index in [1.165, 1.54) is 0 Å². The predicted molar refractivity (Wildman–Crippen MR) is 68.2 cm³/mol. The second-order valence-electron chi connectivity index (χ2n) is 4.93. The van der Waals surface area contributed by atoms with Gasteiger partial charge in [-0.05, 0) is 39.2 Å². The van der Waals surface area contributed by atoms with E-state index in [9.17, 15) is 0 Å². The van der Waals surface area contributed by atoms with Crippen LogP contribution in [0.3, 0.4) is 0 Å². The molecule has 5 nitrogen and oxygen atoms in total. The predicted octanol–water partition coefficient (Wildman–Crippen LogP) is 2.10. The molecule has 102 valence electrons. The molecule has 0 radical (unpaired) electrons. The molecule has 0 bridgehead atoms. The number of ether oxygens (including phenoxy) is 1. The van der Waals surface area contributed by atoms with E-state index >= 15 is 0 Å². The standard InChI is InChI=1S/C13H23N3O2/c1-4-14-9(3)13-16-15-12(18-13)8-10-6-11(7-10)17-5-2/h9-11,14H,4-8H2,1-3H3. The molecular formula is C13H23N3O2. The first-order valence-electron chi connectivity index (χ1n) is 6.90. The van der Waals surface area contributed by atoms with Gasteiger partial charge in [0.1, 0.15) is 0 Å². The van der Waals surface area contributed by atoms with Gasteiger partial charge in [0.15, 0.2) is 0 Å². The van der Waals surface area contributed by atoms with E-state index in [1.807, 2.05) is 13.8 Å². The van der Waals surface area contributed by atoms with Gasteiger partial charge in [-0.15, -0.1) is 10.2 Å². The Morgan fingerprint density at radius 3 is 2.83 bits per heavy atom. The quantitative estimate of drug-likeness (QED) is 0.806. The highest BCUT2D eigenvalue weighted by Crippen LogP contribution is 2.32. The number of hydrogen-bond donors (Lipinski definition) is 1. The van der Waals surface area contributed by atoms with Crippen LogP contribution in [0.25, 0.3) is 0 Å². The van der Waals surface area contributed by atoms with Crippen molar-refractivity contribution in [2.45, 2.75) is 52.2 Å². The van der Waals surface area contributed by atoms with Gasteiger partial charge < -0.3 is 14.5 Å². The zero-order valence-corrected chi connectivity index (χ0v) is 11.5. The van der Waals surface area contributed by atoms with E-state index in [4.69, 9.17) is 9.15 Å². The monoisotopic (exact) mass is 253 g/mol. The Kier molecular flexibility index (Phi) is 4.72. The largest absolute Gasteiger partial charge is 0.424 e. The van der Waals surface area contributed by atoms with E-state index in [-0.39, 0.29) is 6.04 Å². The molecular weight excluding hydrogens is 230 g/mol. The number of rotatable bonds is 7. The molecule has 0 aromatic carbocycles. The lowest BCUT2D eigenvalue weighted by Crippen LogP contribution is -2.32. The molecule has 1 heterocycles. The summed E-state index contributed by atoms with van der Waals surface area (Å²) in [6, 6.07) is 0.133. The first kappa shape index (κ1) is 13.5. The Morgan fingerprint density at radius 2 is 2.17 bits per heavy atom. The van der Waals surface area contributed by atoms with Gasteiger partial charge in [0.25, 0.3) is 0 Å². The topological polar surface area (TPSA) is 60.2 Å². The molecule has 0 spiro atoms. The molecule has 1 aromatic rings. The SMILES string of the molecule is CCNC(C)c1nnc(CC2CC(OCC)C2)o1. The van der Waals surface area contributed by atoms with Gasteiger partial charge in [0.05, 0.1) is 12.1 Å². The van der Waals surface area contributed by atoms with Crippen LogP contribution in [0, 0.1) is 5.92 Å². The van der Waals surface area contributed by atoms with Crippen molar-refractivity contribution in [3.8, 4) is 0 Å². The van der Waals surface area contributed by atoms with Crippen molar-refractivity contribution in [1.29, 1.82) is 0 Å². The first-order valence-corrected chi connectivity index (χ1v) is 6.90. The smallest absolute Gasteiger partial charge is 0.233 e. The summed E-state index contributed by atoms with van der Waals surface area (Å²) in [6.07, 6.45) is 3.57. The maximum absolute atomic E-state index is 5.67. The second-order valence-corrected chi connectivity index (χ2v) is 4.93. The molecule has 0 amide bonds. The summed E-state index contributed by atoms with van der Waals surface area (Å²) < 4.78 is 11.2. The fourth-order valence-corrected chi connectivity index (χ4v) is 2.38. The summed E-state index contributed by atoms with van der Waals surface area (Å²) in [4.78, 5) is 0. The van der Waals surface area contributed by atoms with Crippen molar-refractivity contribution in [2.75, 3.05) is 13.2 Å². The number of hydrogen-bond acceptors (Lipinski definition) is 5. The minimum atomic E-state index is 0.133. The van der Waals surface area contributed by atoms with Gasteiger partial charge in [-0.3, -0.25) is 0 Å². The van der Waals surface area contributed by atoms with Crippen LogP contribution in [-0.2, 0) is 11.2 Å². The number of nitrogens with one attached hydrogen (secondary N) is 1. The normalized spacial score (nSPS) is 24.8. The molecule has 1 N–H and O–H groups in total. The molecule has 0 saturated heterocycles. The highest BCUT2D eigenvalue weighted by molar-refractivity contribution is 4.92. The average molecular weight is 253 g/mol. The van der Waals surface area contributed by atoms with Crippen molar-refractivity contribution in [1.82, 2.24) is 15.5 Å². The molecule has 1 fully saturated rings. The van der Waals surface area contributed by atoms with E-state index < -0.39 is 0 Å². The minimum absolute atomic E-state index is 0.133. The molecule has 1 atom stereocenters. The summed E-state index contributed by atoms with van der Waals surface area (Å²) in [6.45, 7) is 7.85.